The Morgan fingerprint density at radius 1 is 1.44 bits per heavy atom. The van der Waals surface area contributed by atoms with Gasteiger partial charge in [-0.15, -0.1) is 11.3 Å². The summed E-state index contributed by atoms with van der Waals surface area (Å²) in [7, 11) is 1.96. The average Bonchev–Trinajstić information content (AvgIpc) is 2.74. The minimum atomic E-state index is 0.872. The van der Waals surface area contributed by atoms with Crippen molar-refractivity contribution in [2.45, 2.75) is 26.3 Å². The quantitative estimate of drug-likeness (QED) is 0.911. The van der Waals surface area contributed by atoms with Crippen LogP contribution in [0.25, 0.3) is 10.7 Å². The number of nitrogens with one attached hydrogen (secondary N) is 1. The van der Waals surface area contributed by atoms with Gasteiger partial charge in [-0.05, 0) is 41.5 Å². The summed E-state index contributed by atoms with van der Waals surface area (Å²) in [5.41, 5.74) is 2.13. The topological polar surface area (TPSA) is 37.8 Å². The van der Waals surface area contributed by atoms with Gasteiger partial charge in [-0.2, -0.15) is 0 Å². The van der Waals surface area contributed by atoms with Crippen molar-refractivity contribution in [2.75, 3.05) is 7.05 Å². The van der Waals surface area contributed by atoms with Gasteiger partial charge in [0.2, 0.25) is 0 Å². The molecule has 0 aliphatic carbocycles. The number of hydrogen-bond acceptors (Lipinski definition) is 4. The van der Waals surface area contributed by atoms with E-state index in [9.17, 15) is 0 Å². The lowest BCUT2D eigenvalue weighted by Gasteiger charge is -1.98. The molecule has 2 aromatic heterocycles. The van der Waals surface area contributed by atoms with Crippen molar-refractivity contribution in [2.24, 2.45) is 0 Å². The summed E-state index contributed by atoms with van der Waals surface area (Å²) in [6, 6.07) is 3.92. The Morgan fingerprint density at radius 2 is 2.28 bits per heavy atom. The molecule has 2 heterocycles. The molecule has 0 amide bonds. The van der Waals surface area contributed by atoms with Crippen LogP contribution in [-0.2, 0) is 13.0 Å². The molecule has 3 nitrogen and oxygen atoms in total. The van der Waals surface area contributed by atoms with E-state index in [1.807, 2.05) is 19.2 Å². The van der Waals surface area contributed by atoms with Crippen LogP contribution in [0, 0.1) is 0 Å². The largest absolute Gasteiger partial charge is 0.315 e. The summed E-state index contributed by atoms with van der Waals surface area (Å²) in [5.74, 6) is 0. The molecule has 0 atom stereocenters. The molecular formula is C13H16BrN3S. The van der Waals surface area contributed by atoms with E-state index in [2.05, 4.69) is 33.2 Å². The molecule has 0 bridgehead atoms. The Labute approximate surface area is 120 Å². The summed E-state index contributed by atoms with van der Waals surface area (Å²) in [6.07, 6.45) is 3.94. The maximum absolute atomic E-state index is 4.74. The van der Waals surface area contributed by atoms with Crippen molar-refractivity contribution in [1.29, 1.82) is 0 Å². The fourth-order valence-electron chi connectivity index (χ4n) is 1.76. The normalized spacial score (nSPS) is 10.8. The zero-order valence-corrected chi connectivity index (χ0v) is 12.9. The Bertz CT molecular complexity index is 501. The molecule has 0 unspecified atom stereocenters. The molecule has 18 heavy (non-hydrogen) atoms. The zero-order valence-electron chi connectivity index (χ0n) is 10.5. The molecule has 0 radical (unpaired) electrons. The molecule has 2 rings (SSSR count). The minimum Gasteiger partial charge on any atom is -0.315 e. The van der Waals surface area contributed by atoms with Crippen LogP contribution in [0.3, 0.4) is 0 Å². The Morgan fingerprint density at radius 3 is 2.94 bits per heavy atom. The van der Waals surface area contributed by atoms with Crippen molar-refractivity contribution in [3.05, 3.63) is 33.4 Å². The second kappa shape index (κ2) is 6.41. The first-order chi connectivity index (χ1) is 8.76. The van der Waals surface area contributed by atoms with Gasteiger partial charge in [-0.1, -0.05) is 13.3 Å². The van der Waals surface area contributed by atoms with E-state index in [4.69, 9.17) is 4.98 Å². The lowest BCUT2D eigenvalue weighted by Crippen LogP contribution is -2.05. The van der Waals surface area contributed by atoms with E-state index in [1.165, 1.54) is 10.6 Å². The van der Waals surface area contributed by atoms with Crippen molar-refractivity contribution in [1.82, 2.24) is 15.3 Å². The van der Waals surface area contributed by atoms with Gasteiger partial charge in [0.25, 0.3) is 0 Å². The van der Waals surface area contributed by atoms with Gasteiger partial charge >= 0.3 is 0 Å². The van der Waals surface area contributed by atoms with Crippen molar-refractivity contribution in [3.8, 4) is 10.7 Å². The number of nitrogens with zero attached hydrogens (tertiary/aromatic N) is 2. The van der Waals surface area contributed by atoms with Gasteiger partial charge < -0.3 is 5.32 Å². The van der Waals surface area contributed by atoms with Crippen LogP contribution in [0.15, 0.2) is 22.8 Å². The molecule has 0 aliphatic rings. The Kier molecular flexibility index (Phi) is 4.86. The highest BCUT2D eigenvalue weighted by Crippen LogP contribution is 2.31. The SMILES string of the molecule is CCCc1nc(-c2ncccc2Br)sc1CNC. The highest BCUT2D eigenvalue weighted by molar-refractivity contribution is 9.10. The fourth-order valence-corrected chi connectivity index (χ4v) is 3.46. The monoisotopic (exact) mass is 325 g/mol. The highest BCUT2D eigenvalue weighted by Gasteiger charge is 2.14. The Hall–Kier alpha value is -0.780. The molecule has 0 spiro atoms. The van der Waals surface area contributed by atoms with Crippen LogP contribution in [0.2, 0.25) is 0 Å². The van der Waals surface area contributed by atoms with Crippen LogP contribution in [-0.4, -0.2) is 17.0 Å². The van der Waals surface area contributed by atoms with E-state index >= 15 is 0 Å². The maximum atomic E-state index is 4.74. The van der Waals surface area contributed by atoms with Gasteiger partial charge in [0.05, 0.1) is 5.69 Å². The molecule has 96 valence electrons. The van der Waals surface area contributed by atoms with E-state index in [-0.39, 0.29) is 0 Å². The van der Waals surface area contributed by atoms with Crippen LogP contribution >= 0.6 is 27.3 Å². The Balaban J connectivity index is 2.40. The third-order valence-corrected chi connectivity index (χ3v) is 4.31. The fraction of sp³-hybridized carbons (Fsp3) is 0.385. The summed E-state index contributed by atoms with van der Waals surface area (Å²) < 4.78 is 0.998. The number of thiazole rings is 1. The maximum Gasteiger partial charge on any atom is 0.143 e. The zero-order chi connectivity index (χ0) is 13.0. The molecule has 5 heteroatoms. The van der Waals surface area contributed by atoms with Crippen molar-refractivity contribution < 1.29 is 0 Å². The number of pyridine rings is 1. The first-order valence-electron chi connectivity index (χ1n) is 6.00. The lowest BCUT2D eigenvalue weighted by molar-refractivity contribution is 0.798. The summed E-state index contributed by atoms with van der Waals surface area (Å²) in [4.78, 5) is 10.5. The third-order valence-electron chi connectivity index (χ3n) is 2.56. The van der Waals surface area contributed by atoms with E-state index < -0.39 is 0 Å². The van der Waals surface area contributed by atoms with Gasteiger partial charge in [0, 0.05) is 22.1 Å². The summed E-state index contributed by atoms with van der Waals surface area (Å²) >= 11 is 5.26. The smallest absolute Gasteiger partial charge is 0.143 e. The molecule has 0 saturated heterocycles. The molecule has 0 aromatic carbocycles. The third kappa shape index (κ3) is 2.96. The number of aromatic nitrogens is 2. The molecule has 0 saturated carbocycles. The van der Waals surface area contributed by atoms with Gasteiger partial charge in [0.1, 0.15) is 10.7 Å². The molecule has 0 aliphatic heterocycles. The first kappa shape index (κ1) is 13.6. The molecular weight excluding hydrogens is 310 g/mol. The van der Waals surface area contributed by atoms with Gasteiger partial charge in [-0.3, -0.25) is 4.98 Å². The van der Waals surface area contributed by atoms with Crippen molar-refractivity contribution >= 4 is 27.3 Å². The molecule has 2 aromatic rings. The van der Waals surface area contributed by atoms with Crippen LogP contribution < -0.4 is 5.32 Å². The van der Waals surface area contributed by atoms with Crippen molar-refractivity contribution in [3.63, 3.8) is 0 Å². The number of rotatable bonds is 5. The van der Waals surface area contributed by atoms with Gasteiger partial charge in [0.15, 0.2) is 0 Å². The average molecular weight is 326 g/mol. The first-order valence-corrected chi connectivity index (χ1v) is 7.61. The minimum absolute atomic E-state index is 0.872. The molecule has 0 fully saturated rings. The highest BCUT2D eigenvalue weighted by atomic mass is 79.9. The molecule has 1 N–H and O–H groups in total. The summed E-state index contributed by atoms with van der Waals surface area (Å²) in [5, 5.41) is 4.20. The predicted octanol–water partition coefficient (Wildman–Crippen LogP) is 3.64. The lowest BCUT2D eigenvalue weighted by atomic mass is 10.2. The number of hydrogen-bond donors (Lipinski definition) is 1. The second-order valence-corrected chi connectivity index (χ2v) is 5.94. The number of halogens is 1. The summed E-state index contributed by atoms with van der Waals surface area (Å²) in [6.45, 7) is 3.05. The van der Waals surface area contributed by atoms with E-state index in [0.717, 1.165) is 34.6 Å². The van der Waals surface area contributed by atoms with E-state index in [1.54, 1.807) is 17.5 Å². The van der Waals surface area contributed by atoms with E-state index in [0.29, 0.717) is 0 Å². The second-order valence-electron chi connectivity index (χ2n) is 4.00. The van der Waals surface area contributed by atoms with Crippen LogP contribution in [0.1, 0.15) is 23.9 Å². The number of aryl methyl sites for hydroxylation is 1. The van der Waals surface area contributed by atoms with Gasteiger partial charge in [-0.25, -0.2) is 4.98 Å². The standard InChI is InChI=1S/C13H16BrN3S/c1-3-5-10-11(8-15-2)18-13(17-10)12-9(14)6-4-7-16-12/h4,6-7,15H,3,5,8H2,1-2H3. The predicted molar refractivity (Wildman–Crippen MR) is 79.8 cm³/mol. The van der Waals surface area contributed by atoms with Crippen LogP contribution in [0.5, 0.6) is 0 Å². The van der Waals surface area contributed by atoms with Crippen LogP contribution in [0.4, 0.5) is 0 Å².